The van der Waals surface area contributed by atoms with Crippen molar-refractivity contribution in [3.05, 3.63) is 47.7 Å². The fourth-order valence-electron chi connectivity index (χ4n) is 3.22. The van der Waals surface area contributed by atoms with Gasteiger partial charge in [-0.25, -0.2) is 8.42 Å². The number of thiophene rings is 1. The monoisotopic (exact) mass is 405 g/mol. The average Bonchev–Trinajstić information content (AvgIpc) is 3.40. The zero-order valence-corrected chi connectivity index (χ0v) is 16.4. The number of para-hydroxylation sites is 1. The number of nitrogens with zero attached hydrogens (tertiary/aromatic N) is 3. The van der Waals surface area contributed by atoms with Gasteiger partial charge in [-0.3, -0.25) is 0 Å². The molecular weight excluding hydrogens is 386 g/mol. The fraction of sp³-hybridized carbons (Fsp3) is 0.333. The van der Waals surface area contributed by atoms with Gasteiger partial charge in [0.05, 0.1) is 12.7 Å². The minimum Gasteiger partial charge on any atom is -0.496 e. The molecule has 0 radical (unpaired) electrons. The summed E-state index contributed by atoms with van der Waals surface area (Å²) >= 11 is 1.24. The second-order valence-corrected chi connectivity index (χ2v) is 9.38. The molecule has 9 heteroatoms. The number of rotatable bonds is 5. The van der Waals surface area contributed by atoms with Gasteiger partial charge in [0.2, 0.25) is 11.7 Å². The highest BCUT2D eigenvalue weighted by atomic mass is 32.2. The number of hydrogen-bond acceptors (Lipinski definition) is 7. The molecule has 0 spiro atoms. The number of piperidine rings is 1. The van der Waals surface area contributed by atoms with Crippen molar-refractivity contribution < 1.29 is 17.7 Å². The summed E-state index contributed by atoms with van der Waals surface area (Å²) in [6.45, 7) is 0.883. The first kappa shape index (κ1) is 18.1. The van der Waals surface area contributed by atoms with Gasteiger partial charge < -0.3 is 9.26 Å². The standard InChI is InChI=1S/C18H19N3O4S2/c1-24-15-6-3-2-5-14(15)17-19-18(25-20-17)13-8-10-21(11-9-13)27(22,23)16-7-4-12-26-16/h2-7,12-13H,8-11H2,1H3. The molecule has 142 valence electrons. The molecule has 1 saturated heterocycles. The molecule has 1 fully saturated rings. The summed E-state index contributed by atoms with van der Waals surface area (Å²) in [4.78, 5) is 4.53. The Balaban J connectivity index is 1.47. The number of benzene rings is 1. The van der Waals surface area contributed by atoms with Gasteiger partial charge in [-0.2, -0.15) is 9.29 Å². The summed E-state index contributed by atoms with van der Waals surface area (Å²) in [5.41, 5.74) is 0.771. The van der Waals surface area contributed by atoms with Crippen LogP contribution in [0.4, 0.5) is 0 Å². The Kier molecular flexibility index (Phi) is 4.98. The molecule has 0 bridgehead atoms. The molecule has 3 heterocycles. The van der Waals surface area contributed by atoms with Crippen LogP contribution in [0.2, 0.25) is 0 Å². The van der Waals surface area contributed by atoms with Crippen LogP contribution >= 0.6 is 11.3 Å². The summed E-state index contributed by atoms with van der Waals surface area (Å²) < 4.78 is 38.0. The van der Waals surface area contributed by atoms with E-state index in [2.05, 4.69) is 10.1 Å². The Morgan fingerprint density at radius 2 is 1.96 bits per heavy atom. The highest BCUT2D eigenvalue weighted by Crippen LogP contribution is 2.33. The van der Waals surface area contributed by atoms with E-state index in [0.29, 0.717) is 47.6 Å². The van der Waals surface area contributed by atoms with E-state index in [1.807, 2.05) is 24.3 Å². The Morgan fingerprint density at radius 1 is 1.19 bits per heavy atom. The van der Waals surface area contributed by atoms with E-state index in [9.17, 15) is 8.42 Å². The maximum Gasteiger partial charge on any atom is 0.252 e. The largest absolute Gasteiger partial charge is 0.496 e. The summed E-state index contributed by atoms with van der Waals surface area (Å²) in [7, 11) is -1.80. The molecule has 1 aliphatic heterocycles. The van der Waals surface area contributed by atoms with Crippen molar-refractivity contribution in [1.29, 1.82) is 0 Å². The first-order valence-electron chi connectivity index (χ1n) is 8.60. The normalized spacial score (nSPS) is 16.5. The lowest BCUT2D eigenvalue weighted by Crippen LogP contribution is -2.37. The smallest absolute Gasteiger partial charge is 0.252 e. The number of hydrogen-bond donors (Lipinski definition) is 0. The molecule has 3 aromatic rings. The molecule has 0 atom stereocenters. The maximum atomic E-state index is 12.6. The van der Waals surface area contributed by atoms with Crippen molar-refractivity contribution in [2.45, 2.75) is 23.0 Å². The number of aromatic nitrogens is 2. The summed E-state index contributed by atoms with van der Waals surface area (Å²) in [5.74, 6) is 1.76. The molecule has 2 aromatic heterocycles. The highest BCUT2D eigenvalue weighted by Gasteiger charge is 2.32. The molecule has 4 rings (SSSR count). The Bertz CT molecular complexity index is 1010. The number of ether oxygens (including phenoxy) is 1. The van der Waals surface area contributed by atoms with Crippen molar-refractivity contribution in [3.8, 4) is 17.1 Å². The SMILES string of the molecule is COc1ccccc1-c1noc(C2CCN(S(=O)(=O)c3cccs3)CC2)n1. The van der Waals surface area contributed by atoms with E-state index in [0.717, 1.165) is 5.56 Å². The van der Waals surface area contributed by atoms with E-state index in [1.54, 1.807) is 24.6 Å². The van der Waals surface area contributed by atoms with Crippen LogP contribution in [0.1, 0.15) is 24.7 Å². The zero-order chi connectivity index (χ0) is 18.9. The van der Waals surface area contributed by atoms with Crippen molar-refractivity contribution in [2.24, 2.45) is 0 Å². The first-order chi connectivity index (χ1) is 13.1. The van der Waals surface area contributed by atoms with Crippen LogP contribution in [0.25, 0.3) is 11.4 Å². The predicted octanol–water partition coefficient (Wildman–Crippen LogP) is 3.38. The summed E-state index contributed by atoms with van der Waals surface area (Å²) in [6.07, 6.45) is 1.30. The van der Waals surface area contributed by atoms with Crippen LogP contribution in [-0.2, 0) is 10.0 Å². The predicted molar refractivity (Wildman–Crippen MR) is 101 cm³/mol. The Morgan fingerprint density at radius 3 is 2.67 bits per heavy atom. The molecule has 7 nitrogen and oxygen atoms in total. The topological polar surface area (TPSA) is 85.5 Å². The fourth-order valence-corrected chi connectivity index (χ4v) is 5.83. The minimum absolute atomic E-state index is 0.0516. The van der Waals surface area contributed by atoms with Gasteiger partial charge >= 0.3 is 0 Å². The lowest BCUT2D eigenvalue weighted by molar-refractivity contribution is 0.271. The maximum absolute atomic E-state index is 12.6. The van der Waals surface area contributed by atoms with E-state index >= 15 is 0 Å². The molecular formula is C18H19N3O4S2. The van der Waals surface area contributed by atoms with Crippen LogP contribution < -0.4 is 4.74 Å². The van der Waals surface area contributed by atoms with E-state index in [4.69, 9.17) is 9.26 Å². The molecule has 0 N–H and O–H groups in total. The van der Waals surface area contributed by atoms with E-state index < -0.39 is 10.0 Å². The average molecular weight is 406 g/mol. The second-order valence-electron chi connectivity index (χ2n) is 6.27. The lowest BCUT2D eigenvalue weighted by Gasteiger charge is -2.29. The third kappa shape index (κ3) is 3.50. The van der Waals surface area contributed by atoms with Gasteiger partial charge in [0.1, 0.15) is 9.96 Å². The van der Waals surface area contributed by atoms with Crippen LogP contribution in [-0.4, -0.2) is 43.1 Å². The van der Waals surface area contributed by atoms with Gasteiger partial charge in [-0.1, -0.05) is 23.4 Å². The molecule has 0 aliphatic carbocycles. The van der Waals surface area contributed by atoms with Gasteiger partial charge in [-0.15, -0.1) is 11.3 Å². The number of methoxy groups -OCH3 is 1. The second kappa shape index (κ2) is 7.41. The molecule has 1 aliphatic rings. The quantitative estimate of drug-likeness (QED) is 0.647. The van der Waals surface area contributed by atoms with Crippen LogP contribution in [0, 0.1) is 0 Å². The third-order valence-electron chi connectivity index (χ3n) is 4.68. The summed E-state index contributed by atoms with van der Waals surface area (Å²) in [5, 5.41) is 5.86. The molecule has 0 saturated carbocycles. The van der Waals surface area contributed by atoms with E-state index in [1.165, 1.54) is 15.6 Å². The van der Waals surface area contributed by atoms with Crippen LogP contribution in [0.3, 0.4) is 0 Å². The van der Waals surface area contributed by atoms with Gasteiger partial charge in [-0.05, 0) is 36.4 Å². The van der Waals surface area contributed by atoms with Crippen LogP contribution in [0.5, 0.6) is 5.75 Å². The number of sulfonamides is 1. The van der Waals surface area contributed by atoms with Gasteiger partial charge in [0.15, 0.2) is 0 Å². The van der Waals surface area contributed by atoms with Crippen molar-refractivity contribution in [1.82, 2.24) is 14.4 Å². The van der Waals surface area contributed by atoms with Crippen molar-refractivity contribution in [3.63, 3.8) is 0 Å². The van der Waals surface area contributed by atoms with Crippen molar-refractivity contribution in [2.75, 3.05) is 20.2 Å². The third-order valence-corrected chi connectivity index (χ3v) is 7.95. The Hall–Kier alpha value is -2.23. The molecule has 0 unspecified atom stereocenters. The molecule has 0 amide bonds. The van der Waals surface area contributed by atoms with Crippen LogP contribution in [0.15, 0.2) is 50.5 Å². The highest BCUT2D eigenvalue weighted by molar-refractivity contribution is 7.91. The van der Waals surface area contributed by atoms with Gasteiger partial charge in [0, 0.05) is 19.0 Å². The van der Waals surface area contributed by atoms with Gasteiger partial charge in [0.25, 0.3) is 10.0 Å². The first-order valence-corrected chi connectivity index (χ1v) is 10.9. The molecule has 1 aromatic carbocycles. The lowest BCUT2D eigenvalue weighted by atomic mass is 9.98. The van der Waals surface area contributed by atoms with E-state index in [-0.39, 0.29) is 5.92 Å². The zero-order valence-electron chi connectivity index (χ0n) is 14.7. The minimum atomic E-state index is -3.40. The Labute approximate surface area is 161 Å². The molecule has 27 heavy (non-hydrogen) atoms. The summed E-state index contributed by atoms with van der Waals surface area (Å²) in [6, 6.07) is 10.9. The van der Waals surface area contributed by atoms with Crippen molar-refractivity contribution >= 4 is 21.4 Å².